The van der Waals surface area contributed by atoms with Crippen LogP contribution in [0.15, 0.2) is 46.9 Å². The van der Waals surface area contributed by atoms with Crippen LogP contribution >= 0.6 is 15.9 Å². The van der Waals surface area contributed by atoms with E-state index in [9.17, 15) is 22.8 Å². The molecule has 1 aromatic heterocycles. The van der Waals surface area contributed by atoms with Crippen LogP contribution in [-0.2, 0) is 12.7 Å². The minimum atomic E-state index is -4.55. The van der Waals surface area contributed by atoms with Gasteiger partial charge in [0.15, 0.2) is 0 Å². The SMILES string of the molecule is CC(C)(C)C1CCC(N(Cc2ccc(C(=O)Nc3nn[nH]n3)cc2)C(=O)Nc2cc(Br)cc(C(F)(F)F)c2)CC1. The third kappa shape index (κ3) is 7.58. The molecule has 4 rings (SSSR count). The van der Waals surface area contributed by atoms with Gasteiger partial charge in [0, 0.05) is 28.3 Å². The van der Waals surface area contributed by atoms with E-state index in [1.54, 1.807) is 29.2 Å². The molecular weight excluding hydrogens is 591 g/mol. The Morgan fingerprint density at radius 2 is 1.70 bits per heavy atom. The van der Waals surface area contributed by atoms with Crippen LogP contribution in [0.2, 0.25) is 0 Å². The molecule has 3 amide bonds. The van der Waals surface area contributed by atoms with Gasteiger partial charge < -0.3 is 10.2 Å². The number of amides is 3. The Morgan fingerprint density at radius 1 is 1.02 bits per heavy atom. The van der Waals surface area contributed by atoms with E-state index >= 15 is 0 Å². The number of hydrogen-bond acceptors (Lipinski definition) is 5. The molecule has 0 saturated heterocycles. The topological polar surface area (TPSA) is 116 Å². The number of benzene rings is 2. The molecule has 0 aliphatic heterocycles. The van der Waals surface area contributed by atoms with E-state index in [1.165, 1.54) is 6.07 Å². The zero-order chi connectivity index (χ0) is 29.1. The molecule has 1 aliphatic rings. The fraction of sp³-hybridized carbons (Fsp3) is 0.444. The number of carbonyl (C=O) groups is 2. The summed E-state index contributed by atoms with van der Waals surface area (Å²) in [5, 5.41) is 18.2. The second kappa shape index (κ2) is 11.9. The van der Waals surface area contributed by atoms with E-state index in [4.69, 9.17) is 0 Å². The number of alkyl halides is 3. The van der Waals surface area contributed by atoms with E-state index in [0.29, 0.717) is 11.5 Å². The largest absolute Gasteiger partial charge is 0.416 e. The van der Waals surface area contributed by atoms with Crippen LogP contribution in [0.5, 0.6) is 0 Å². The first kappa shape index (κ1) is 29.5. The number of aromatic nitrogens is 4. The first-order valence-corrected chi connectivity index (χ1v) is 13.7. The molecule has 0 radical (unpaired) electrons. The Hall–Kier alpha value is -3.48. The van der Waals surface area contributed by atoms with Gasteiger partial charge in [-0.05, 0) is 78.1 Å². The predicted octanol–water partition coefficient (Wildman–Crippen LogP) is 6.87. The Kier molecular flexibility index (Phi) is 8.81. The number of nitrogens with one attached hydrogen (secondary N) is 3. The number of carbonyl (C=O) groups excluding carboxylic acids is 2. The zero-order valence-corrected chi connectivity index (χ0v) is 23.9. The second-order valence-corrected chi connectivity index (χ2v) is 12.0. The Morgan fingerprint density at radius 3 is 2.27 bits per heavy atom. The van der Waals surface area contributed by atoms with Crippen molar-refractivity contribution in [2.24, 2.45) is 11.3 Å². The number of urea groups is 1. The number of halogens is 4. The maximum absolute atomic E-state index is 13.6. The molecule has 0 bridgehead atoms. The van der Waals surface area contributed by atoms with Crippen LogP contribution in [0.3, 0.4) is 0 Å². The lowest BCUT2D eigenvalue weighted by Gasteiger charge is -2.41. The Bertz CT molecular complexity index is 1320. The standard InChI is InChI=1S/C27H31BrF3N7O2/c1-26(2,3)18-8-10-22(11-9-18)38(25(40)32-21-13-19(27(29,30)31)12-20(28)14-21)15-16-4-6-17(7-5-16)23(39)33-24-34-36-37-35-24/h4-7,12-14,18,22H,8-11,15H2,1-3H3,(H,32,40)(H2,33,34,35,36,37,39). The lowest BCUT2D eigenvalue weighted by Crippen LogP contribution is -2.45. The molecule has 0 atom stereocenters. The smallest absolute Gasteiger partial charge is 0.317 e. The summed E-state index contributed by atoms with van der Waals surface area (Å²) in [5.41, 5.74) is 0.483. The zero-order valence-electron chi connectivity index (χ0n) is 22.3. The molecule has 1 saturated carbocycles. The van der Waals surface area contributed by atoms with Gasteiger partial charge in [-0.2, -0.15) is 18.4 Å². The summed E-state index contributed by atoms with van der Waals surface area (Å²) >= 11 is 3.11. The first-order valence-electron chi connectivity index (χ1n) is 12.9. The summed E-state index contributed by atoms with van der Waals surface area (Å²) in [5.74, 6) is 0.146. The molecule has 0 unspecified atom stereocenters. The number of rotatable bonds is 6. The fourth-order valence-corrected chi connectivity index (χ4v) is 5.48. The highest BCUT2D eigenvalue weighted by Crippen LogP contribution is 2.39. The van der Waals surface area contributed by atoms with E-state index < -0.39 is 23.7 Å². The summed E-state index contributed by atoms with van der Waals surface area (Å²) < 4.78 is 40.3. The number of tetrazole rings is 1. The van der Waals surface area contributed by atoms with Crippen molar-refractivity contribution in [1.29, 1.82) is 0 Å². The monoisotopic (exact) mass is 621 g/mol. The van der Waals surface area contributed by atoms with Gasteiger partial charge in [-0.15, -0.1) is 5.10 Å². The lowest BCUT2D eigenvalue weighted by molar-refractivity contribution is -0.137. The summed E-state index contributed by atoms with van der Waals surface area (Å²) in [6.07, 6.45) is -1.09. The van der Waals surface area contributed by atoms with Crippen molar-refractivity contribution < 1.29 is 22.8 Å². The molecule has 1 aliphatic carbocycles. The van der Waals surface area contributed by atoms with Crippen molar-refractivity contribution in [2.45, 2.75) is 65.2 Å². The van der Waals surface area contributed by atoms with E-state index in [2.05, 4.69) is 68.0 Å². The van der Waals surface area contributed by atoms with Gasteiger partial charge in [0.2, 0.25) is 0 Å². The van der Waals surface area contributed by atoms with Gasteiger partial charge in [0.25, 0.3) is 11.9 Å². The lowest BCUT2D eigenvalue weighted by atomic mass is 9.71. The summed E-state index contributed by atoms with van der Waals surface area (Å²) in [6, 6.07) is 9.51. The van der Waals surface area contributed by atoms with Crippen LogP contribution < -0.4 is 10.6 Å². The van der Waals surface area contributed by atoms with Crippen molar-refractivity contribution in [3.63, 3.8) is 0 Å². The molecular formula is C27H31BrF3N7O2. The van der Waals surface area contributed by atoms with Gasteiger partial charge in [0.1, 0.15) is 0 Å². The normalized spacial score (nSPS) is 17.8. The van der Waals surface area contributed by atoms with Crippen LogP contribution in [-0.4, -0.2) is 43.5 Å². The van der Waals surface area contributed by atoms with Gasteiger partial charge in [-0.3, -0.25) is 10.1 Å². The van der Waals surface area contributed by atoms with Crippen molar-refractivity contribution in [1.82, 2.24) is 25.5 Å². The summed E-state index contributed by atoms with van der Waals surface area (Å²) in [6.45, 7) is 6.86. The number of anilines is 2. The van der Waals surface area contributed by atoms with Crippen molar-refractivity contribution >= 4 is 39.5 Å². The minimum Gasteiger partial charge on any atom is -0.317 e. The molecule has 214 valence electrons. The Labute approximate surface area is 238 Å². The van der Waals surface area contributed by atoms with Gasteiger partial charge in [0.05, 0.1) is 5.56 Å². The summed E-state index contributed by atoms with van der Waals surface area (Å²) in [4.78, 5) is 27.7. The third-order valence-corrected chi connectivity index (χ3v) is 7.70. The number of H-pyrrole nitrogens is 1. The van der Waals surface area contributed by atoms with E-state index in [-0.39, 0.29) is 34.1 Å². The second-order valence-electron chi connectivity index (χ2n) is 11.0. The molecule has 3 N–H and O–H groups in total. The fourth-order valence-electron chi connectivity index (χ4n) is 4.99. The minimum absolute atomic E-state index is 0.0454. The Balaban J connectivity index is 1.53. The van der Waals surface area contributed by atoms with Gasteiger partial charge >= 0.3 is 12.2 Å². The van der Waals surface area contributed by atoms with Crippen molar-refractivity contribution in [3.05, 3.63) is 63.6 Å². The molecule has 1 fully saturated rings. The number of aromatic amines is 1. The maximum Gasteiger partial charge on any atom is 0.416 e. The molecule has 0 spiro atoms. The highest BCUT2D eigenvalue weighted by molar-refractivity contribution is 9.10. The number of nitrogens with zero attached hydrogens (tertiary/aromatic N) is 4. The van der Waals surface area contributed by atoms with Crippen molar-refractivity contribution in [2.75, 3.05) is 10.6 Å². The van der Waals surface area contributed by atoms with Gasteiger partial charge in [-0.25, -0.2) is 4.79 Å². The molecule has 40 heavy (non-hydrogen) atoms. The average molecular weight is 622 g/mol. The van der Waals surface area contributed by atoms with Crippen LogP contribution in [0.25, 0.3) is 0 Å². The maximum atomic E-state index is 13.6. The summed E-state index contributed by atoms with van der Waals surface area (Å²) in [7, 11) is 0. The number of hydrogen-bond donors (Lipinski definition) is 3. The molecule has 1 heterocycles. The van der Waals surface area contributed by atoms with Crippen molar-refractivity contribution in [3.8, 4) is 0 Å². The van der Waals surface area contributed by atoms with Gasteiger partial charge in [-0.1, -0.05) is 53.9 Å². The molecule has 2 aromatic carbocycles. The molecule has 13 heteroatoms. The molecule has 3 aromatic rings. The highest BCUT2D eigenvalue weighted by Gasteiger charge is 2.35. The van der Waals surface area contributed by atoms with E-state index in [1.807, 2.05) is 0 Å². The van der Waals surface area contributed by atoms with Crippen LogP contribution in [0, 0.1) is 11.3 Å². The third-order valence-electron chi connectivity index (χ3n) is 7.24. The molecule has 9 nitrogen and oxygen atoms in total. The highest BCUT2D eigenvalue weighted by atomic mass is 79.9. The predicted molar refractivity (Wildman–Crippen MR) is 147 cm³/mol. The van der Waals surface area contributed by atoms with E-state index in [0.717, 1.165) is 43.4 Å². The average Bonchev–Trinajstić information content (AvgIpc) is 3.39. The quantitative estimate of drug-likeness (QED) is 0.278. The first-order chi connectivity index (χ1) is 18.8. The van der Waals surface area contributed by atoms with Crippen LogP contribution in [0.4, 0.5) is 29.6 Å². The van der Waals surface area contributed by atoms with Crippen LogP contribution in [0.1, 0.15) is 67.9 Å².